The minimum absolute atomic E-state index is 0.00445. The van der Waals surface area contributed by atoms with Gasteiger partial charge in [0, 0.05) is 18.8 Å². The quantitative estimate of drug-likeness (QED) is 0.277. The molecule has 1 fully saturated rings. The molecule has 1 amide bonds. The van der Waals surface area contributed by atoms with Crippen LogP contribution in [0.1, 0.15) is 5.56 Å². The molecule has 3 aromatic carbocycles. The Balaban J connectivity index is 1.34. The number of aryl methyl sites for hydroxylation is 1. The standard InChI is InChI=1S/C27H26N4O5S2/c1-19-6-2-5-9-24(19)31-26(33)22-7-3-4-8-23(22)29-27(31)37-18-25(32)28-20-10-12-21(13-11-20)38(34,35)30-14-16-36-17-15-30/h2-13H,14-18H2,1H3,(H,28,32). The van der Waals surface area contributed by atoms with Gasteiger partial charge in [0.1, 0.15) is 0 Å². The molecular weight excluding hydrogens is 524 g/mol. The van der Waals surface area contributed by atoms with Crippen molar-refractivity contribution >= 4 is 44.3 Å². The van der Waals surface area contributed by atoms with E-state index in [1.165, 1.54) is 16.4 Å². The number of anilines is 1. The molecule has 1 aliphatic heterocycles. The molecule has 9 nitrogen and oxygen atoms in total. The number of thioether (sulfide) groups is 1. The van der Waals surface area contributed by atoms with Crippen LogP contribution >= 0.6 is 11.8 Å². The molecule has 1 N–H and O–H groups in total. The van der Waals surface area contributed by atoms with Crippen LogP contribution in [-0.4, -0.2) is 60.2 Å². The smallest absolute Gasteiger partial charge is 0.266 e. The third-order valence-corrected chi connectivity index (χ3v) is 9.03. The Morgan fingerprint density at radius 2 is 1.68 bits per heavy atom. The van der Waals surface area contributed by atoms with E-state index in [2.05, 4.69) is 10.3 Å². The highest BCUT2D eigenvalue weighted by Gasteiger charge is 2.26. The topological polar surface area (TPSA) is 111 Å². The zero-order chi connectivity index (χ0) is 26.7. The zero-order valence-corrected chi connectivity index (χ0v) is 22.3. The number of carbonyl (C=O) groups excluding carboxylic acids is 1. The predicted octanol–water partition coefficient (Wildman–Crippen LogP) is 3.45. The lowest BCUT2D eigenvalue weighted by atomic mass is 10.2. The Bertz CT molecular complexity index is 1650. The second-order valence-electron chi connectivity index (χ2n) is 8.72. The average Bonchev–Trinajstić information content (AvgIpc) is 2.93. The molecule has 4 aromatic rings. The van der Waals surface area contributed by atoms with Crippen LogP contribution in [0.2, 0.25) is 0 Å². The van der Waals surface area contributed by atoms with Crippen LogP contribution in [0.25, 0.3) is 16.6 Å². The molecule has 1 aromatic heterocycles. The van der Waals surface area contributed by atoms with Gasteiger partial charge in [-0.25, -0.2) is 13.4 Å². The highest BCUT2D eigenvalue weighted by molar-refractivity contribution is 7.99. The molecule has 0 spiro atoms. The summed E-state index contributed by atoms with van der Waals surface area (Å²) in [5.41, 5.74) is 2.44. The van der Waals surface area contributed by atoms with Crippen molar-refractivity contribution in [2.24, 2.45) is 0 Å². The third-order valence-electron chi connectivity index (χ3n) is 6.18. The van der Waals surface area contributed by atoms with Gasteiger partial charge in [0.25, 0.3) is 5.56 Å². The third kappa shape index (κ3) is 5.37. The molecule has 0 atom stereocenters. The number of nitrogens with zero attached hydrogens (tertiary/aromatic N) is 3. The highest BCUT2D eigenvalue weighted by atomic mass is 32.2. The number of hydrogen-bond acceptors (Lipinski definition) is 7. The fourth-order valence-electron chi connectivity index (χ4n) is 4.21. The molecule has 38 heavy (non-hydrogen) atoms. The van der Waals surface area contributed by atoms with Crippen molar-refractivity contribution in [3.8, 4) is 5.69 Å². The minimum atomic E-state index is -3.61. The number of para-hydroxylation sites is 2. The van der Waals surface area contributed by atoms with Crippen molar-refractivity contribution in [1.29, 1.82) is 0 Å². The number of ether oxygens (including phenoxy) is 1. The van der Waals surface area contributed by atoms with Crippen molar-refractivity contribution in [2.75, 3.05) is 37.4 Å². The summed E-state index contributed by atoms with van der Waals surface area (Å²) < 4.78 is 33.8. The maximum Gasteiger partial charge on any atom is 0.266 e. The van der Waals surface area contributed by atoms with Gasteiger partial charge in [-0.2, -0.15) is 4.31 Å². The second kappa shape index (κ2) is 11.1. The van der Waals surface area contributed by atoms with E-state index >= 15 is 0 Å². The molecule has 11 heteroatoms. The summed E-state index contributed by atoms with van der Waals surface area (Å²) in [4.78, 5) is 31.0. The van der Waals surface area contributed by atoms with Gasteiger partial charge in [-0.15, -0.1) is 0 Å². The number of nitrogens with one attached hydrogen (secondary N) is 1. The molecule has 196 valence electrons. The molecule has 1 aliphatic rings. The Hall–Kier alpha value is -3.51. The van der Waals surface area contributed by atoms with Gasteiger partial charge in [0.05, 0.1) is 40.5 Å². The van der Waals surface area contributed by atoms with E-state index in [0.29, 0.717) is 53.7 Å². The van der Waals surface area contributed by atoms with Gasteiger partial charge < -0.3 is 10.1 Å². The first-order valence-corrected chi connectivity index (χ1v) is 14.5. The minimum Gasteiger partial charge on any atom is -0.379 e. The molecule has 0 unspecified atom stereocenters. The maximum absolute atomic E-state index is 13.4. The van der Waals surface area contributed by atoms with E-state index in [-0.39, 0.29) is 22.1 Å². The average molecular weight is 551 g/mol. The summed E-state index contributed by atoms with van der Waals surface area (Å²) >= 11 is 1.16. The summed E-state index contributed by atoms with van der Waals surface area (Å²) in [5, 5.41) is 3.69. The van der Waals surface area contributed by atoms with Gasteiger partial charge >= 0.3 is 0 Å². The SMILES string of the molecule is Cc1ccccc1-n1c(SCC(=O)Nc2ccc(S(=O)(=O)N3CCOCC3)cc2)nc2ccccc2c1=O. The van der Waals surface area contributed by atoms with Crippen LogP contribution in [0.4, 0.5) is 5.69 Å². The van der Waals surface area contributed by atoms with E-state index in [0.717, 1.165) is 17.3 Å². The largest absolute Gasteiger partial charge is 0.379 e. The number of aromatic nitrogens is 2. The first-order valence-electron chi connectivity index (χ1n) is 12.0. The summed E-state index contributed by atoms with van der Waals surface area (Å²) in [5.74, 6) is -0.303. The number of morpholine rings is 1. The molecule has 5 rings (SSSR count). The van der Waals surface area contributed by atoms with Gasteiger partial charge in [-0.3, -0.25) is 14.2 Å². The van der Waals surface area contributed by atoms with Crippen LogP contribution in [0.3, 0.4) is 0 Å². The number of carbonyl (C=O) groups is 1. The van der Waals surface area contributed by atoms with Crippen LogP contribution in [0, 0.1) is 6.92 Å². The number of hydrogen-bond donors (Lipinski definition) is 1. The first kappa shape index (κ1) is 26.1. The predicted molar refractivity (Wildman–Crippen MR) is 147 cm³/mol. The van der Waals surface area contributed by atoms with E-state index < -0.39 is 10.0 Å². The van der Waals surface area contributed by atoms with Crippen LogP contribution in [-0.2, 0) is 19.6 Å². The molecule has 1 saturated heterocycles. The highest BCUT2D eigenvalue weighted by Crippen LogP contribution is 2.24. The van der Waals surface area contributed by atoms with E-state index in [4.69, 9.17) is 4.74 Å². The lowest BCUT2D eigenvalue weighted by Gasteiger charge is -2.26. The number of benzene rings is 3. The first-order chi connectivity index (χ1) is 18.3. The second-order valence-corrected chi connectivity index (χ2v) is 11.6. The molecular formula is C27H26N4O5S2. The summed E-state index contributed by atoms with van der Waals surface area (Å²) in [6.45, 7) is 3.29. The lowest BCUT2D eigenvalue weighted by molar-refractivity contribution is -0.113. The van der Waals surface area contributed by atoms with Crippen LogP contribution in [0.15, 0.2) is 87.6 Å². The lowest BCUT2D eigenvalue weighted by Crippen LogP contribution is -2.40. The van der Waals surface area contributed by atoms with E-state index in [1.54, 1.807) is 34.9 Å². The zero-order valence-electron chi connectivity index (χ0n) is 20.7. The Labute approximate surface area is 224 Å². The van der Waals surface area contributed by atoms with Gasteiger partial charge in [0.2, 0.25) is 15.9 Å². The van der Waals surface area contributed by atoms with Gasteiger partial charge in [0.15, 0.2) is 5.16 Å². The van der Waals surface area contributed by atoms with Crippen molar-refractivity contribution < 1.29 is 17.9 Å². The monoisotopic (exact) mass is 550 g/mol. The van der Waals surface area contributed by atoms with E-state index in [1.807, 2.05) is 37.3 Å². The fourth-order valence-corrected chi connectivity index (χ4v) is 6.42. The molecule has 0 aliphatic carbocycles. The van der Waals surface area contributed by atoms with Gasteiger partial charge in [-0.1, -0.05) is 42.1 Å². The number of fused-ring (bicyclic) bond motifs is 1. The van der Waals surface area contributed by atoms with Crippen LogP contribution < -0.4 is 10.9 Å². The summed E-state index contributed by atoms with van der Waals surface area (Å²) in [7, 11) is -3.61. The van der Waals surface area contributed by atoms with Gasteiger partial charge in [-0.05, 0) is 55.0 Å². The molecule has 0 saturated carbocycles. The molecule has 2 heterocycles. The number of sulfonamides is 1. The van der Waals surface area contributed by atoms with Crippen molar-refractivity contribution in [2.45, 2.75) is 17.0 Å². The number of amides is 1. The Morgan fingerprint density at radius 3 is 2.42 bits per heavy atom. The van der Waals surface area contributed by atoms with Crippen LogP contribution in [0.5, 0.6) is 0 Å². The normalized spacial score (nSPS) is 14.4. The Kier molecular flexibility index (Phi) is 7.61. The molecule has 0 radical (unpaired) electrons. The molecule has 0 bridgehead atoms. The summed E-state index contributed by atoms with van der Waals surface area (Å²) in [6.07, 6.45) is 0. The van der Waals surface area contributed by atoms with Crippen molar-refractivity contribution in [3.05, 3.63) is 88.7 Å². The Morgan fingerprint density at radius 1 is 1.00 bits per heavy atom. The number of rotatable bonds is 7. The fraction of sp³-hybridized carbons (Fsp3) is 0.222. The van der Waals surface area contributed by atoms with Crippen molar-refractivity contribution in [1.82, 2.24) is 13.9 Å². The van der Waals surface area contributed by atoms with E-state index in [9.17, 15) is 18.0 Å². The summed E-state index contributed by atoms with van der Waals surface area (Å²) in [6, 6.07) is 20.7. The van der Waals surface area contributed by atoms with Crippen molar-refractivity contribution in [3.63, 3.8) is 0 Å². The maximum atomic E-state index is 13.4.